The van der Waals surface area contributed by atoms with E-state index in [4.69, 9.17) is 0 Å². The molecule has 6 aromatic carbocycles. The Morgan fingerprint density at radius 1 is 0.205 bits per heavy atom. The highest BCUT2D eigenvalue weighted by molar-refractivity contribution is 5.67. The minimum Gasteiger partial charge on any atom is -0.0622 e. The maximum Gasteiger partial charge on any atom is 0.0255 e. The molecule has 0 aliphatic carbocycles. The highest BCUT2D eigenvalue weighted by atomic mass is 14.0. The topological polar surface area (TPSA) is 0 Å². The SMILES string of the molecule is C(#Cc1ccc(C#Cc2cccc(-c3cccc(C#Cc4ccc(C#Cc5ccccc5)cc4)c3)c2)cc1)c1ccccc1. The molecule has 0 saturated heterocycles. The average molecular weight is 555 g/mol. The van der Waals surface area contributed by atoms with Crippen LogP contribution in [0.25, 0.3) is 11.1 Å². The Kier molecular flexibility index (Phi) is 8.79. The van der Waals surface area contributed by atoms with Crippen LogP contribution in [0.1, 0.15) is 44.5 Å². The molecule has 0 N–H and O–H groups in total. The number of hydrogen-bond acceptors (Lipinski definition) is 0. The number of hydrogen-bond donors (Lipinski definition) is 0. The van der Waals surface area contributed by atoms with Crippen LogP contribution in [0.15, 0.2) is 158 Å². The average Bonchev–Trinajstić information content (AvgIpc) is 3.10. The van der Waals surface area contributed by atoms with Crippen LogP contribution in [-0.4, -0.2) is 0 Å². The molecule has 0 spiro atoms. The minimum absolute atomic E-state index is 0.953. The van der Waals surface area contributed by atoms with Gasteiger partial charge in [0.2, 0.25) is 0 Å². The first-order valence-corrected chi connectivity index (χ1v) is 14.4. The molecular weight excluding hydrogens is 528 g/mol. The molecule has 202 valence electrons. The van der Waals surface area contributed by atoms with Crippen LogP contribution < -0.4 is 0 Å². The van der Waals surface area contributed by atoms with Gasteiger partial charge in [0, 0.05) is 44.5 Å². The molecule has 0 atom stereocenters. The van der Waals surface area contributed by atoms with Crippen molar-refractivity contribution in [2.75, 3.05) is 0 Å². The van der Waals surface area contributed by atoms with E-state index in [1.54, 1.807) is 0 Å². The molecule has 0 nitrogen and oxygen atoms in total. The van der Waals surface area contributed by atoms with Crippen LogP contribution in [0.2, 0.25) is 0 Å². The van der Waals surface area contributed by atoms with Crippen molar-refractivity contribution in [1.29, 1.82) is 0 Å². The van der Waals surface area contributed by atoms with Crippen molar-refractivity contribution in [2.24, 2.45) is 0 Å². The monoisotopic (exact) mass is 554 g/mol. The van der Waals surface area contributed by atoms with Gasteiger partial charge in [0.25, 0.3) is 0 Å². The van der Waals surface area contributed by atoms with E-state index in [-0.39, 0.29) is 0 Å². The maximum atomic E-state index is 3.31. The van der Waals surface area contributed by atoms with Gasteiger partial charge in [0.1, 0.15) is 0 Å². The summed E-state index contributed by atoms with van der Waals surface area (Å²) >= 11 is 0. The second-order valence-electron chi connectivity index (χ2n) is 10.0. The van der Waals surface area contributed by atoms with Gasteiger partial charge < -0.3 is 0 Å². The first-order chi connectivity index (χ1) is 21.8. The molecule has 0 aliphatic rings. The Balaban J connectivity index is 1.12. The molecule has 0 bridgehead atoms. The minimum atomic E-state index is 0.953. The van der Waals surface area contributed by atoms with Crippen molar-refractivity contribution in [3.8, 4) is 58.5 Å². The molecule has 44 heavy (non-hydrogen) atoms. The lowest BCUT2D eigenvalue weighted by atomic mass is 10.0. The summed E-state index contributed by atoms with van der Waals surface area (Å²) in [5.41, 5.74) is 9.98. The van der Waals surface area contributed by atoms with Crippen molar-refractivity contribution in [3.63, 3.8) is 0 Å². The summed E-state index contributed by atoms with van der Waals surface area (Å²) in [5, 5.41) is 0. The van der Waals surface area contributed by atoms with E-state index in [1.807, 2.05) is 133 Å². The molecular formula is C44H26. The van der Waals surface area contributed by atoms with Gasteiger partial charge in [0.05, 0.1) is 0 Å². The summed E-state index contributed by atoms with van der Waals surface area (Å²) in [5.74, 6) is 26.0. The molecule has 0 aromatic heterocycles. The van der Waals surface area contributed by atoms with Crippen molar-refractivity contribution < 1.29 is 0 Å². The second kappa shape index (κ2) is 14.0. The van der Waals surface area contributed by atoms with Crippen molar-refractivity contribution >= 4 is 0 Å². The predicted octanol–water partition coefficient (Wildman–Crippen LogP) is 8.95. The molecule has 0 amide bonds. The van der Waals surface area contributed by atoms with E-state index in [0.29, 0.717) is 0 Å². The largest absolute Gasteiger partial charge is 0.0622 e. The van der Waals surface area contributed by atoms with Crippen LogP contribution in [0.5, 0.6) is 0 Å². The van der Waals surface area contributed by atoms with Crippen LogP contribution in [-0.2, 0) is 0 Å². The second-order valence-corrected chi connectivity index (χ2v) is 10.0. The van der Waals surface area contributed by atoms with Gasteiger partial charge in [0.15, 0.2) is 0 Å². The van der Waals surface area contributed by atoms with Gasteiger partial charge in [-0.15, -0.1) is 0 Å². The zero-order valence-electron chi connectivity index (χ0n) is 24.0. The van der Waals surface area contributed by atoms with Gasteiger partial charge >= 0.3 is 0 Å². The summed E-state index contributed by atoms with van der Waals surface area (Å²) < 4.78 is 0. The summed E-state index contributed by atoms with van der Waals surface area (Å²) in [6.45, 7) is 0. The summed E-state index contributed by atoms with van der Waals surface area (Å²) in [6, 6.07) is 52.7. The molecule has 6 rings (SSSR count). The third-order valence-electron chi connectivity index (χ3n) is 6.78. The van der Waals surface area contributed by atoms with E-state index >= 15 is 0 Å². The molecule has 0 radical (unpaired) electrons. The number of rotatable bonds is 1. The van der Waals surface area contributed by atoms with E-state index < -0.39 is 0 Å². The highest BCUT2D eigenvalue weighted by Gasteiger charge is 2.00. The summed E-state index contributed by atoms with van der Waals surface area (Å²) in [4.78, 5) is 0. The first kappa shape index (κ1) is 27.7. The molecule has 0 aliphatic heterocycles. The van der Waals surface area contributed by atoms with Crippen molar-refractivity contribution in [1.82, 2.24) is 0 Å². The molecule has 6 aromatic rings. The third kappa shape index (κ3) is 7.85. The lowest BCUT2D eigenvalue weighted by molar-refractivity contribution is 1.56. The Labute approximate surface area is 260 Å². The fraction of sp³-hybridized carbons (Fsp3) is 0. The van der Waals surface area contributed by atoms with E-state index in [9.17, 15) is 0 Å². The molecule has 0 heterocycles. The van der Waals surface area contributed by atoms with E-state index in [0.717, 1.165) is 55.6 Å². The van der Waals surface area contributed by atoms with Crippen molar-refractivity contribution in [2.45, 2.75) is 0 Å². The Hall–Kier alpha value is -6.44. The van der Waals surface area contributed by atoms with Gasteiger partial charge in [-0.2, -0.15) is 0 Å². The van der Waals surface area contributed by atoms with Gasteiger partial charge in [-0.05, 0) is 108 Å². The molecule has 0 unspecified atom stereocenters. The Bertz CT molecular complexity index is 1980. The van der Waals surface area contributed by atoms with Crippen LogP contribution in [0.4, 0.5) is 0 Å². The van der Waals surface area contributed by atoms with Gasteiger partial charge in [-0.1, -0.05) is 108 Å². The third-order valence-corrected chi connectivity index (χ3v) is 6.78. The fourth-order valence-corrected chi connectivity index (χ4v) is 4.45. The lowest BCUT2D eigenvalue weighted by Crippen LogP contribution is -1.83. The molecule has 0 saturated carbocycles. The summed E-state index contributed by atoms with van der Waals surface area (Å²) in [7, 11) is 0. The zero-order valence-corrected chi connectivity index (χ0v) is 24.0. The molecule has 0 heteroatoms. The normalized spacial score (nSPS) is 9.55. The van der Waals surface area contributed by atoms with Crippen molar-refractivity contribution in [3.05, 3.63) is 202 Å². The van der Waals surface area contributed by atoms with Gasteiger partial charge in [-0.3, -0.25) is 0 Å². The first-order valence-electron chi connectivity index (χ1n) is 14.4. The standard InChI is InChI=1S/C44H26/c1-3-9-35(10-4-1)17-19-37-21-25-39(26-22-37)29-31-41-13-7-15-43(33-41)44-16-8-14-42(34-44)32-30-40-27-23-38(24-28-40)20-18-36-11-5-2-6-12-36/h1-16,21-28,33-34H. The Morgan fingerprint density at radius 3 is 0.773 bits per heavy atom. The summed E-state index contributed by atoms with van der Waals surface area (Å²) in [6.07, 6.45) is 0. The van der Waals surface area contributed by atoms with E-state index in [2.05, 4.69) is 71.6 Å². The zero-order chi connectivity index (χ0) is 29.8. The Morgan fingerprint density at radius 2 is 0.455 bits per heavy atom. The molecule has 0 fully saturated rings. The van der Waals surface area contributed by atoms with Crippen LogP contribution in [0, 0.1) is 47.4 Å². The highest BCUT2D eigenvalue weighted by Crippen LogP contribution is 2.21. The number of benzene rings is 6. The van der Waals surface area contributed by atoms with Gasteiger partial charge in [-0.25, -0.2) is 0 Å². The fourth-order valence-electron chi connectivity index (χ4n) is 4.45. The quantitative estimate of drug-likeness (QED) is 0.178. The van der Waals surface area contributed by atoms with E-state index in [1.165, 1.54) is 0 Å². The smallest absolute Gasteiger partial charge is 0.0255 e. The van der Waals surface area contributed by atoms with Crippen LogP contribution >= 0.6 is 0 Å². The lowest BCUT2D eigenvalue weighted by Gasteiger charge is -2.03. The van der Waals surface area contributed by atoms with Crippen LogP contribution in [0.3, 0.4) is 0 Å². The maximum absolute atomic E-state index is 3.31. The predicted molar refractivity (Wildman–Crippen MR) is 182 cm³/mol.